The minimum Gasteiger partial charge on any atom is -0.370 e. The van der Waals surface area contributed by atoms with Crippen molar-refractivity contribution < 1.29 is 0 Å². The summed E-state index contributed by atoms with van der Waals surface area (Å²) in [5, 5.41) is 0. The van der Waals surface area contributed by atoms with Crippen LogP contribution < -0.4 is 5.73 Å². The standard InChI is InChI=1S/C12H25N3/c1-4-7-10(2)15(3)12(13)14-11-8-5-6-9-11/h10-11H,4-9H2,1-3H3,(H2,13,14). The monoisotopic (exact) mass is 211 g/mol. The van der Waals surface area contributed by atoms with Gasteiger partial charge < -0.3 is 10.6 Å². The van der Waals surface area contributed by atoms with E-state index in [9.17, 15) is 0 Å². The van der Waals surface area contributed by atoms with E-state index < -0.39 is 0 Å². The van der Waals surface area contributed by atoms with E-state index in [0.29, 0.717) is 12.1 Å². The van der Waals surface area contributed by atoms with E-state index in [2.05, 4.69) is 23.7 Å². The van der Waals surface area contributed by atoms with E-state index in [1.165, 1.54) is 38.5 Å². The molecule has 1 saturated carbocycles. The Labute approximate surface area is 93.7 Å². The second-order valence-electron chi connectivity index (χ2n) is 4.67. The molecule has 0 aliphatic heterocycles. The summed E-state index contributed by atoms with van der Waals surface area (Å²) in [4.78, 5) is 6.71. The summed E-state index contributed by atoms with van der Waals surface area (Å²) in [5.41, 5.74) is 6.00. The quantitative estimate of drug-likeness (QED) is 0.573. The maximum atomic E-state index is 6.00. The lowest BCUT2D eigenvalue weighted by atomic mass is 10.2. The molecule has 0 bridgehead atoms. The van der Waals surface area contributed by atoms with E-state index in [1.807, 2.05) is 7.05 Å². The van der Waals surface area contributed by atoms with E-state index in [0.717, 1.165) is 5.96 Å². The van der Waals surface area contributed by atoms with Crippen LogP contribution in [-0.4, -0.2) is 30.0 Å². The normalized spacial score (nSPS) is 20.6. The molecule has 15 heavy (non-hydrogen) atoms. The number of nitrogens with two attached hydrogens (primary N) is 1. The topological polar surface area (TPSA) is 41.6 Å². The van der Waals surface area contributed by atoms with Crippen LogP contribution >= 0.6 is 0 Å². The third-order valence-electron chi connectivity index (χ3n) is 3.37. The number of hydrogen-bond acceptors (Lipinski definition) is 1. The Morgan fingerprint density at radius 2 is 2.07 bits per heavy atom. The lowest BCUT2D eigenvalue weighted by Crippen LogP contribution is -2.41. The van der Waals surface area contributed by atoms with Gasteiger partial charge in [0, 0.05) is 13.1 Å². The minimum absolute atomic E-state index is 0.487. The molecular formula is C12H25N3. The number of hydrogen-bond donors (Lipinski definition) is 1. The van der Waals surface area contributed by atoms with Gasteiger partial charge in [-0.25, -0.2) is 4.99 Å². The van der Waals surface area contributed by atoms with Gasteiger partial charge in [0.05, 0.1) is 6.04 Å². The van der Waals surface area contributed by atoms with Crippen molar-refractivity contribution in [2.24, 2.45) is 10.7 Å². The van der Waals surface area contributed by atoms with Gasteiger partial charge in [-0.15, -0.1) is 0 Å². The first kappa shape index (κ1) is 12.3. The molecule has 1 rings (SSSR count). The lowest BCUT2D eigenvalue weighted by molar-refractivity contribution is 0.360. The predicted molar refractivity (Wildman–Crippen MR) is 66.0 cm³/mol. The molecule has 0 amide bonds. The van der Waals surface area contributed by atoms with Crippen LogP contribution in [0.25, 0.3) is 0 Å². The minimum atomic E-state index is 0.487. The van der Waals surface area contributed by atoms with Gasteiger partial charge in [0.2, 0.25) is 0 Å². The van der Waals surface area contributed by atoms with Crippen molar-refractivity contribution in [2.75, 3.05) is 7.05 Å². The van der Waals surface area contributed by atoms with E-state index in [-0.39, 0.29) is 0 Å². The van der Waals surface area contributed by atoms with Crippen molar-refractivity contribution in [3.8, 4) is 0 Å². The molecule has 0 heterocycles. The Morgan fingerprint density at radius 3 is 2.60 bits per heavy atom. The third kappa shape index (κ3) is 3.73. The van der Waals surface area contributed by atoms with Crippen molar-refractivity contribution >= 4 is 5.96 Å². The molecule has 0 aromatic rings. The fourth-order valence-electron chi connectivity index (χ4n) is 2.15. The summed E-state index contributed by atoms with van der Waals surface area (Å²) >= 11 is 0. The highest BCUT2D eigenvalue weighted by Gasteiger charge is 2.16. The van der Waals surface area contributed by atoms with Gasteiger partial charge in [-0.1, -0.05) is 26.2 Å². The van der Waals surface area contributed by atoms with Gasteiger partial charge in [0.1, 0.15) is 0 Å². The maximum Gasteiger partial charge on any atom is 0.191 e. The van der Waals surface area contributed by atoms with Crippen LogP contribution in [0.2, 0.25) is 0 Å². The molecule has 0 aromatic heterocycles. The molecule has 0 radical (unpaired) electrons. The maximum absolute atomic E-state index is 6.00. The van der Waals surface area contributed by atoms with Gasteiger partial charge in [0.15, 0.2) is 5.96 Å². The number of aliphatic imine (C=N–C) groups is 1. The van der Waals surface area contributed by atoms with Crippen molar-refractivity contribution in [1.29, 1.82) is 0 Å². The van der Waals surface area contributed by atoms with E-state index in [4.69, 9.17) is 5.73 Å². The summed E-state index contributed by atoms with van der Waals surface area (Å²) < 4.78 is 0. The summed E-state index contributed by atoms with van der Waals surface area (Å²) in [5.74, 6) is 0.725. The highest BCUT2D eigenvalue weighted by molar-refractivity contribution is 5.78. The molecule has 88 valence electrons. The van der Waals surface area contributed by atoms with Gasteiger partial charge in [-0.05, 0) is 26.2 Å². The number of rotatable bonds is 4. The predicted octanol–water partition coefficient (Wildman–Crippen LogP) is 2.36. The molecule has 1 fully saturated rings. The Morgan fingerprint density at radius 1 is 1.47 bits per heavy atom. The highest BCUT2D eigenvalue weighted by Crippen LogP contribution is 2.21. The van der Waals surface area contributed by atoms with Gasteiger partial charge in [-0.3, -0.25) is 0 Å². The molecule has 1 aliphatic rings. The van der Waals surface area contributed by atoms with Crippen LogP contribution in [-0.2, 0) is 0 Å². The molecule has 0 saturated heterocycles. The zero-order valence-corrected chi connectivity index (χ0v) is 10.4. The summed E-state index contributed by atoms with van der Waals surface area (Å²) in [7, 11) is 2.05. The fourth-order valence-corrected chi connectivity index (χ4v) is 2.15. The Balaban J connectivity index is 2.46. The molecule has 3 nitrogen and oxygen atoms in total. The average molecular weight is 211 g/mol. The van der Waals surface area contributed by atoms with Crippen LogP contribution in [0.1, 0.15) is 52.4 Å². The lowest BCUT2D eigenvalue weighted by Gasteiger charge is -2.26. The highest BCUT2D eigenvalue weighted by atomic mass is 15.3. The smallest absolute Gasteiger partial charge is 0.191 e. The number of guanidine groups is 1. The summed E-state index contributed by atoms with van der Waals surface area (Å²) in [6.45, 7) is 4.41. The zero-order valence-electron chi connectivity index (χ0n) is 10.4. The molecule has 2 N–H and O–H groups in total. The summed E-state index contributed by atoms with van der Waals surface area (Å²) in [6.07, 6.45) is 7.44. The first-order valence-corrected chi connectivity index (χ1v) is 6.21. The Hall–Kier alpha value is -0.730. The molecule has 1 aliphatic carbocycles. The van der Waals surface area contributed by atoms with Crippen molar-refractivity contribution in [2.45, 2.75) is 64.5 Å². The van der Waals surface area contributed by atoms with Crippen molar-refractivity contribution in [1.82, 2.24) is 4.90 Å². The van der Waals surface area contributed by atoms with Crippen LogP contribution in [0.3, 0.4) is 0 Å². The molecule has 1 atom stereocenters. The Bertz CT molecular complexity index is 207. The van der Waals surface area contributed by atoms with Gasteiger partial charge in [0.25, 0.3) is 0 Å². The third-order valence-corrected chi connectivity index (χ3v) is 3.37. The van der Waals surface area contributed by atoms with Crippen LogP contribution in [0, 0.1) is 0 Å². The van der Waals surface area contributed by atoms with Crippen LogP contribution in [0.15, 0.2) is 4.99 Å². The van der Waals surface area contributed by atoms with E-state index >= 15 is 0 Å². The number of nitrogens with zero attached hydrogens (tertiary/aromatic N) is 2. The fraction of sp³-hybridized carbons (Fsp3) is 0.917. The molecule has 3 heteroatoms. The van der Waals surface area contributed by atoms with Crippen molar-refractivity contribution in [3.63, 3.8) is 0 Å². The molecular weight excluding hydrogens is 186 g/mol. The van der Waals surface area contributed by atoms with Gasteiger partial charge >= 0.3 is 0 Å². The second kappa shape index (κ2) is 5.99. The first-order valence-electron chi connectivity index (χ1n) is 6.21. The molecule has 0 aromatic carbocycles. The molecule has 1 unspecified atom stereocenters. The first-order chi connectivity index (χ1) is 7.15. The Kier molecular flexibility index (Phi) is 4.92. The van der Waals surface area contributed by atoms with Crippen LogP contribution in [0.5, 0.6) is 0 Å². The zero-order chi connectivity index (χ0) is 11.3. The van der Waals surface area contributed by atoms with Gasteiger partial charge in [-0.2, -0.15) is 0 Å². The molecule has 0 spiro atoms. The van der Waals surface area contributed by atoms with Crippen LogP contribution in [0.4, 0.5) is 0 Å². The SMILES string of the molecule is CCCC(C)N(C)C(N)=NC1CCCC1. The largest absolute Gasteiger partial charge is 0.370 e. The van der Waals surface area contributed by atoms with E-state index in [1.54, 1.807) is 0 Å². The summed E-state index contributed by atoms with van der Waals surface area (Å²) in [6, 6.07) is 0.987. The van der Waals surface area contributed by atoms with Crippen molar-refractivity contribution in [3.05, 3.63) is 0 Å². The second-order valence-corrected chi connectivity index (χ2v) is 4.67. The average Bonchev–Trinajstić information content (AvgIpc) is 2.69.